The molecule has 0 aliphatic carbocycles. The van der Waals surface area contributed by atoms with Gasteiger partial charge in [-0.25, -0.2) is 0 Å². The largest absolute Gasteiger partial charge is 0.493 e. The third-order valence-electron chi connectivity index (χ3n) is 3.86. The molecule has 2 heterocycles. The van der Waals surface area contributed by atoms with Crippen LogP contribution in [-0.4, -0.2) is 23.4 Å². The van der Waals surface area contributed by atoms with Crippen LogP contribution in [0.4, 0.5) is 0 Å². The van der Waals surface area contributed by atoms with Crippen LogP contribution in [0.2, 0.25) is 0 Å². The maximum Gasteiger partial charge on any atom is 0.164 e. The van der Waals surface area contributed by atoms with Gasteiger partial charge in [0.2, 0.25) is 0 Å². The Labute approximate surface area is 119 Å². The van der Waals surface area contributed by atoms with Crippen molar-refractivity contribution < 1.29 is 4.74 Å². The molecule has 0 amide bonds. The first kappa shape index (κ1) is 13.2. The topological polar surface area (TPSA) is 39.1 Å². The minimum absolute atomic E-state index is 0.859. The van der Waals surface area contributed by atoms with Gasteiger partial charge < -0.3 is 10.1 Å². The van der Waals surface area contributed by atoms with Crippen molar-refractivity contribution >= 4 is 0 Å². The molecular formula is C16H21N3O. The molecule has 2 aromatic rings. The van der Waals surface area contributed by atoms with Crippen molar-refractivity contribution in [1.82, 2.24) is 15.1 Å². The molecule has 1 aliphatic rings. The molecule has 3 rings (SSSR count). The summed E-state index contributed by atoms with van der Waals surface area (Å²) in [6, 6.07) is 6.55. The second-order valence-corrected chi connectivity index (χ2v) is 5.15. The lowest BCUT2D eigenvalue weighted by Crippen LogP contribution is -2.24. The zero-order chi connectivity index (χ0) is 13.9. The molecule has 0 fully saturated rings. The summed E-state index contributed by atoms with van der Waals surface area (Å²) in [5, 5.41) is 7.94. The van der Waals surface area contributed by atoms with Crippen molar-refractivity contribution in [1.29, 1.82) is 0 Å². The van der Waals surface area contributed by atoms with Crippen LogP contribution in [0.15, 0.2) is 24.4 Å². The highest BCUT2D eigenvalue weighted by Crippen LogP contribution is 2.34. The van der Waals surface area contributed by atoms with Crippen molar-refractivity contribution in [2.75, 3.05) is 13.7 Å². The zero-order valence-electron chi connectivity index (χ0n) is 12.1. The first-order valence-electron chi connectivity index (χ1n) is 7.26. The van der Waals surface area contributed by atoms with Crippen LogP contribution in [-0.2, 0) is 19.5 Å². The molecule has 0 atom stereocenters. The third-order valence-corrected chi connectivity index (χ3v) is 3.86. The van der Waals surface area contributed by atoms with E-state index in [-0.39, 0.29) is 0 Å². The number of benzene rings is 1. The maximum absolute atomic E-state index is 5.51. The van der Waals surface area contributed by atoms with Gasteiger partial charge in [0.25, 0.3) is 0 Å². The molecule has 1 aliphatic heterocycles. The Morgan fingerprint density at radius 1 is 1.40 bits per heavy atom. The molecule has 4 heteroatoms. The second-order valence-electron chi connectivity index (χ2n) is 5.15. The van der Waals surface area contributed by atoms with Gasteiger partial charge in [0.1, 0.15) is 5.69 Å². The van der Waals surface area contributed by atoms with E-state index in [1.165, 1.54) is 16.7 Å². The lowest BCUT2D eigenvalue weighted by molar-refractivity contribution is 0.415. The van der Waals surface area contributed by atoms with Gasteiger partial charge in [-0.1, -0.05) is 25.1 Å². The highest BCUT2D eigenvalue weighted by Gasteiger charge is 2.19. The predicted octanol–water partition coefficient (Wildman–Crippen LogP) is 2.61. The van der Waals surface area contributed by atoms with Crippen molar-refractivity contribution in [3.63, 3.8) is 0 Å². The summed E-state index contributed by atoms with van der Waals surface area (Å²) in [7, 11) is 1.71. The van der Waals surface area contributed by atoms with E-state index >= 15 is 0 Å². The number of hydrogen-bond donors (Lipinski definition) is 1. The number of aryl methyl sites for hydroxylation is 1. The molecule has 20 heavy (non-hydrogen) atoms. The van der Waals surface area contributed by atoms with Crippen LogP contribution in [0.25, 0.3) is 11.3 Å². The van der Waals surface area contributed by atoms with Gasteiger partial charge in [0.15, 0.2) is 5.75 Å². The van der Waals surface area contributed by atoms with Crippen LogP contribution in [0.1, 0.15) is 24.5 Å². The number of methoxy groups -OCH3 is 1. The standard InChI is InChI=1S/C16H21N3O/c1-3-9-19-16(15(20-2)11-18-19)13-6-4-5-12-7-8-17-10-14(12)13/h4-6,11,17H,3,7-10H2,1-2H3. The highest BCUT2D eigenvalue weighted by molar-refractivity contribution is 5.71. The first-order valence-corrected chi connectivity index (χ1v) is 7.26. The monoisotopic (exact) mass is 271 g/mol. The van der Waals surface area contributed by atoms with Gasteiger partial charge in [-0.3, -0.25) is 4.68 Å². The molecule has 0 radical (unpaired) electrons. The molecule has 106 valence electrons. The van der Waals surface area contributed by atoms with E-state index in [0.717, 1.165) is 43.9 Å². The minimum atomic E-state index is 0.859. The number of fused-ring (bicyclic) bond motifs is 1. The second kappa shape index (κ2) is 5.67. The SMILES string of the molecule is CCCn1ncc(OC)c1-c1cccc2c1CNCC2. The summed E-state index contributed by atoms with van der Waals surface area (Å²) >= 11 is 0. The summed E-state index contributed by atoms with van der Waals surface area (Å²) in [4.78, 5) is 0. The molecule has 0 saturated heterocycles. The number of nitrogens with one attached hydrogen (secondary N) is 1. The molecular weight excluding hydrogens is 250 g/mol. The molecule has 0 spiro atoms. The highest BCUT2D eigenvalue weighted by atomic mass is 16.5. The number of aromatic nitrogens is 2. The lowest BCUT2D eigenvalue weighted by atomic mass is 9.94. The van der Waals surface area contributed by atoms with Gasteiger partial charge in [-0.05, 0) is 30.5 Å². The predicted molar refractivity (Wildman–Crippen MR) is 79.9 cm³/mol. The van der Waals surface area contributed by atoms with Crippen molar-refractivity contribution in [2.24, 2.45) is 0 Å². The quantitative estimate of drug-likeness (QED) is 0.929. The lowest BCUT2D eigenvalue weighted by Gasteiger charge is -2.21. The van der Waals surface area contributed by atoms with E-state index in [1.54, 1.807) is 7.11 Å². The van der Waals surface area contributed by atoms with E-state index in [0.29, 0.717) is 0 Å². The normalized spacial score (nSPS) is 14.1. The van der Waals surface area contributed by atoms with Gasteiger partial charge in [0.05, 0.1) is 13.3 Å². The third kappa shape index (κ3) is 2.20. The van der Waals surface area contributed by atoms with E-state index < -0.39 is 0 Å². The van der Waals surface area contributed by atoms with Crippen molar-refractivity contribution in [3.05, 3.63) is 35.5 Å². The fourth-order valence-corrected chi connectivity index (χ4v) is 2.91. The molecule has 1 N–H and O–H groups in total. The first-order chi connectivity index (χ1) is 9.85. The smallest absolute Gasteiger partial charge is 0.164 e. The summed E-state index contributed by atoms with van der Waals surface area (Å²) in [6.07, 6.45) is 3.97. The summed E-state index contributed by atoms with van der Waals surface area (Å²) < 4.78 is 7.57. The number of ether oxygens (including phenoxy) is 1. The van der Waals surface area contributed by atoms with Crippen LogP contribution < -0.4 is 10.1 Å². The Bertz CT molecular complexity index is 604. The molecule has 1 aromatic carbocycles. The Hall–Kier alpha value is -1.81. The number of rotatable bonds is 4. The molecule has 0 unspecified atom stereocenters. The van der Waals surface area contributed by atoms with Gasteiger partial charge >= 0.3 is 0 Å². The molecule has 1 aromatic heterocycles. The fourth-order valence-electron chi connectivity index (χ4n) is 2.91. The Morgan fingerprint density at radius 3 is 3.10 bits per heavy atom. The minimum Gasteiger partial charge on any atom is -0.493 e. The number of nitrogens with zero attached hydrogens (tertiary/aromatic N) is 2. The maximum atomic E-state index is 5.51. The van der Waals surface area contributed by atoms with E-state index in [2.05, 4.69) is 40.2 Å². The average molecular weight is 271 g/mol. The van der Waals surface area contributed by atoms with Crippen molar-refractivity contribution in [2.45, 2.75) is 32.9 Å². The Kier molecular flexibility index (Phi) is 3.74. The van der Waals surface area contributed by atoms with Crippen LogP contribution >= 0.6 is 0 Å². The Morgan fingerprint density at radius 2 is 2.30 bits per heavy atom. The van der Waals surface area contributed by atoms with Crippen molar-refractivity contribution in [3.8, 4) is 17.0 Å². The van der Waals surface area contributed by atoms with Crippen LogP contribution in [0, 0.1) is 0 Å². The summed E-state index contributed by atoms with van der Waals surface area (Å²) in [5.41, 5.74) is 5.18. The zero-order valence-corrected chi connectivity index (χ0v) is 12.1. The van der Waals surface area contributed by atoms with Gasteiger partial charge in [-0.2, -0.15) is 5.10 Å². The summed E-state index contributed by atoms with van der Waals surface area (Å²) in [5.74, 6) is 0.859. The molecule has 0 saturated carbocycles. The van der Waals surface area contributed by atoms with E-state index in [1.807, 2.05) is 6.20 Å². The van der Waals surface area contributed by atoms with Crippen LogP contribution in [0.3, 0.4) is 0 Å². The number of hydrogen-bond acceptors (Lipinski definition) is 3. The van der Waals surface area contributed by atoms with Crippen LogP contribution in [0.5, 0.6) is 5.75 Å². The van der Waals surface area contributed by atoms with E-state index in [9.17, 15) is 0 Å². The average Bonchev–Trinajstić information content (AvgIpc) is 2.90. The Balaban J connectivity index is 2.15. The van der Waals surface area contributed by atoms with Gasteiger partial charge in [0, 0.05) is 18.7 Å². The molecule has 4 nitrogen and oxygen atoms in total. The summed E-state index contributed by atoms with van der Waals surface area (Å²) in [6.45, 7) is 5.06. The van der Waals surface area contributed by atoms with E-state index in [4.69, 9.17) is 4.74 Å². The van der Waals surface area contributed by atoms with Gasteiger partial charge in [-0.15, -0.1) is 0 Å². The fraction of sp³-hybridized carbons (Fsp3) is 0.438. The molecule has 0 bridgehead atoms.